The SMILES string of the molecule is CC1(O)C=CC=CC1C=Nc1ccccc1. The highest BCUT2D eigenvalue weighted by Crippen LogP contribution is 2.23. The van der Waals surface area contributed by atoms with Crippen molar-refractivity contribution in [1.82, 2.24) is 0 Å². The number of para-hydroxylation sites is 1. The van der Waals surface area contributed by atoms with E-state index in [9.17, 15) is 5.11 Å². The average molecular weight is 213 g/mol. The number of nitrogens with zero attached hydrogens (tertiary/aromatic N) is 1. The maximum atomic E-state index is 10.1. The van der Waals surface area contributed by atoms with Crippen molar-refractivity contribution in [1.29, 1.82) is 0 Å². The highest BCUT2D eigenvalue weighted by molar-refractivity contribution is 5.70. The van der Waals surface area contributed by atoms with E-state index in [-0.39, 0.29) is 5.92 Å². The van der Waals surface area contributed by atoms with Crippen LogP contribution in [0.3, 0.4) is 0 Å². The van der Waals surface area contributed by atoms with Gasteiger partial charge in [-0.25, -0.2) is 0 Å². The molecule has 0 saturated carbocycles. The number of aliphatic imine (C=N–C) groups is 1. The topological polar surface area (TPSA) is 32.6 Å². The van der Waals surface area contributed by atoms with E-state index in [1.165, 1.54) is 0 Å². The Balaban J connectivity index is 2.13. The van der Waals surface area contributed by atoms with E-state index >= 15 is 0 Å². The third kappa shape index (κ3) is 2.47. The van der Waals surface area contributed by atoms with Crippen LogP contribution in [0, 0.1) is 5.92 Å². The van der Waals surface area contributed by atoms with Gasteiger partial charge in [0, 0.05) is 12.1 Å². The molecular formula is C14H15NO. The van der Waals surface area contributed by atoms with Crippen molar-refractivity contribution in [2.24, 2.45) is 10.9 Å². The predicted octanol–water partition coefficient (Wildman–Crippen LogP) is 2.88. The van der Waals surface area contributed by atoms with Crippen molar-refractivity contribution in [3.05, 3.63) is 54.6 Å². The lowest BCUT2D eigenvalue weighted by atomic mass is 9.86. The number of allylic oxidation sites excluding steroid dienone is 2. The molecule has 0 amide bonds. The summed E-state index contributed by atoms with van der Waals surface area (Å²) in [5.41, 5.74) is 0.0637. The zero-order valence-corrected chi connectivity index (χ0v) is 9.25. The molecule has 0 heterocycles. The normalized spacial score (nSPS) is 28.8. The number of hydrogen-bond acceptors (Lipinski definition) is 2. The van der Waals surface area contributed by atoms with Gasteiger partial charge in [-0.2, -0.15) is 0 Å². The van der Waals surface area contributed by atoms with E-state index < -0.39 is 5.60 Å². The van der Waals surface area contributed by atoms with Crippen LogP contribution in [0.5, 0.6) is 0 Å². The summed E-state index contributed by atoms with van der Waals surface area (Å²) < 4.78 is 0. The van der Waals surface area contributed by atoms with Gasteiger partial charge in [-0.3, -0.25) is 4.99 Å². The Morgan fingerprint density at radius 1 is 1.25 bits per heavy atom. The molecule has 2 atom stereocenters. The van der Waals surface area contributed by atoms with Gasteiger partial charge < -0.3 is 5.11 Å². The van der Waals surface area contributed by atoms with Crippen molar-refractivity contribution >= 4 is 11.9 Å². The molecule has 0 bridgehead atoms. The minimum absolute atomic E-state index is 0.0716. The summed E-state index contributed by atoms with van der Waals surface area (Å²) in [5.74, 6) is -0.0716. The zero-order valence-electron chi connectivity index (χ0n) is 9.25. The maximum absolute atomic E-state index is 10.1. The fourth-order valence-corrected chi connectivity index (χ4v) is 1.62. The molecule has 82 valence electrons. The Morgan fingerprint density at radius 3 is 2.69 bits per heavy atom. The van der Waals surface area contributed by atoms with Crippen molar-refractivity contribution in [2.45, 2.75) is 12.5 Å². The highest BCUT2D eigenvalue weighted by atomic mass is 16.3. The van der Waals surface area contributed by atoms with Crippen LogP contribution in [-0.4, -0.2) is 16.9 Å². The number of rotatable bonds is 2. The molecule has 0 saturated heterocycles. The Labute approximate surface area is 95.7 Å². The molecule has 0 aliphatic heterocycles. The van der Waals surface area contributed by atoms with Gasteiger partial charge >= 0.3 is 0 Å². The number of benzene rings is 1. The molecule has 0 aromatic heterocycles. The summed E-state index contributed by atoms with van der Waals surface area (Å²) in [6, 6.07) is 9.72. The third-order valence-electron chi connectivity index (χ3n) is 2.68. The molecule has 0 radical (unpaired) electrons. The lowest BCUT2D eigenvalue weighted by Crippen LogP contribution is -2.33. The van der Waals surface area contributed by atoms with Crippen LogP contribution >= 0.6 is 0 Å². The second-order valence-electron chi connectivity index (χ2n) is 4.11. The number of aliphatic hydroxyl groups is 1. The smallest absolute Gasteiger partial charge is 0.0914 e. The molecule has 1 aromatic rings. The molecule has 16 heavy (non-hydrogen) atoms. The lowest BCUT2D eigenvalue weighted by molar-refractivity contribution is 0.0923. The van der Waals surface area contributed by atoms with Crippen molar-refractivity contribution in [2.75, 3.05) is 0 Å². The first-order valence-corrected chi connectivity index (χ1v) is 5.36. The summed E-state index contributed by atoms with van der Waals surface area (Å²) in [5, 5.41) is 10.1. The van der Waals surface area contributed by atoms with Crippen molar-refractivity contribution in [3.8, 4) is 0 Å². The van der Waals surface area contributed by atoms with Gasteiger partial charge in [0.2, 0.25) is 0 Å². The molecule has 0 spiro atoms. The van der Waals surface area contributed by atoms with Gasteiger partial charge in [0.15, 0.2) is 0 Å². The molecule has 2 nitrogen and oxygen atoms in total. The van der Waals surface area contributed by atoms with Gasteiger partial charge in [0.1, 0.15) is 0 Å². The standard InChI is InChI=1S/C14H15NO/c1-14(16)10-6-5-7-12(14)11-15-13-8-3-2-4-9-13/h2-12,16H,1H3. The van der Waals surface area contributed by atoms with Crippen molar-refractivity contribution < 1.29 is 5.11 Å². The van der Waals surface area contributed by atoms with Crippen LogP contribution in [0.2, 0.25) is 0 Å². The molecule has 1 aromatic carbocycles. The summed E-state index contributed by atoms with van der Waals surface area (Å²) in [6.45, 7) is 1.79. The van der Waals surface area contributed by atoms with E-state index in [4.69, 9.17) is 0 Å². The van der Waals surface area contributed by atoms with Crippen LogP contribution in [0.25, 0.3) is 0 Å². The summed E-state index contributed by atoms with van der Waals surface area (Å²) in [7, 11) is 0. The first kappa shape index (κ1) is 10.8. The molecule has 0 fully saturated rings. The van der Waals surface area contributed by atoms with Crippen molar-refractivity contribution in [3.63, 3.8) is 0 Å². The van der Waals surface area contributed by atoms with E-state index in [1.807, 2.05) is 48.6 Å². The summed E-state index contributed by atoms with van der Waals surface area (Å²) in [6.07, 6.45) is 9.31. The van der Waals surface area contributed by atoms with Gasteiger partial charge in [-0.1, -0.05) is 42.5 Å². The minimum atomic E-state index is -0.840. The second kappa shape index (κ2) is 4.45. The minimum Gasteiger partial charge on any atom is -0.385 e. The van der Waals surface area contributed by atoms with Crippen LogP contribution in [0.15, 0.2) is 59.6 Å². The van der Waals surface area contributed by atoms with Crippen LogP contribution < -0.4 is 0 Å². The van der Waals surface area contributed by atoms with Gasteiger partial charge in [-0.15, -0.1) is 0 Å². The molecular weight excluding hydrogens is 198 g/mol. The molecule has 2 rings (SSSR count). The van der Waals surface area contributed by atoms with E-state index in [0.29, 0.717) is 0 Å². The maximum Gasteiger partial charge on any atom is 0.0914 e. The first-order chi connectivity index (χ1) is 7.68. The van der Waals surface area contributed by atoms with E-state index in [2.05, 4.69) is 4.99 Å². The van der Waals surface area contributed by atoms with Crippen LogP contribution in [0.4, 0.5) is 5.69 Å². The molecule has 2 heteroatoms. The quantitative estimate of drug-likeness (QED) is 0.753. The average Bonchev–Trinajstić information content (AvgIpc) is 2.28. The Morgan fingerprint density at radius 2 is 2.00 bits per heavy atom. The monoisotopic (exact) mass is 213 g/mol. The van der Waals surface area contributed by atoms with E-state index in [1.54, 1.807) is 19.2 Å². The van der Waals surface area contributed by atoms with E-state index in [0.717, 1.165) is 5.69 Å². The van der Waals surface area contributed by atoms with Gasteiger partial charge in [-0.05, 0) is 19.1 Å². The fourth-order valence-electron chi connectivity index (χ4n) is 1.62. The zero-order chi connectivity index (χ0) is 11.4. The Hall–Kier alpha value is -1.67. The van der Waals surface area contributed by atoms with Gasteiger partial charge in [0.05, 0.1) is 11.3 Å². The lowest BCUT2D eigenvalue weighted by Gasteiger charge is -2.26. The Bertz CT molecular complexity index is 429. The van der Waals surface area contributed by atoms with Crippen LogP contribution in [-0.2, 0) is 0 Å². The Kier molecular flexibility index (Phi) is 3.02. The predicted molar refractivity (Wildman–Crippen MR) is 67.0 cm³/mol. The second-order valence-corrected chi connectivity index (χ2v) is 4.11. The largest absolute Gasteiger partial charge is 0.385 e. The third-order valence-corrected chi connectivity index (χ3v) is 2.68. The van der Waals surface area contributed by atoms with Gasteiger partial charge in [0.25, 0.3) is 0 Å². The number of hydrogen-bond donors (Lipinski definition) is 1. The summed E-state index contributed by atoms with van der Waals surface area (Å²) in [4.78, 5) is 4.36. The fraction of sp³-hybridized carbons (Fsp3) is 0.214. The summed E-state index contributed by atoms with van der Waals surface area (Å²) >= 11 is 0. The molecule has 1 N–H and O–H groups in total. The van der Waals surface area contributed by atoms with Crippen LogP contribution in [0.1, 0.15) is 6.92 Å². The molecule has 1 aliphatic rings. The molecule has 2 unspecified atom stereocenters. The first-order valence-electron chi connectivity index (χ1n) is 5.36. The highest BCUT2D eigenvalue weighted by Gasteiger charge is 2.26. The molecule has 1 aliphatic carbocycles.